The van der Waals surface area contributed by atoms with Gasteiger partial charge in [-0.05, 0) is 32.4 Å². The molecule has 7 nitrogen and oxygen atoms in total. The van der Waals surface area contributed by atoms with Crippen LogP contribution >= 0.6 is 0 Å². The van der Waals surface area contributed by atoms with E-state index in [9.17, 15) is 9.59 Å². The second kappa shape index (κ2) is 9.15. The zero-order valence-electron chi connectivity index (χ0n) is 12.5. The van der Waals surface area contributed by atoms with Crippen LogP contribution in [0.3, 0.4) is 0 Å². The standard InChI is InChI=1S/C14H23N3O4/c1-11(2)17(6-4-7-18)10-13(19)16-14(20)15-9-12-5-3-8-21-12/h3,5,8,11,18H,4,6-7,9-10H2,1-2H3,(H2,15,16,19,20). The predicted molar refractivity (Wildman–Crippen MR) is 77.5 cm³/mol. The minimum atomic E-state index is -0.553. The lowest BCUT2D eigenvalue weighted by Crippen LogP contribution is -2.46. The minimum absolute atomic E-state index is 0.0778. The third kappa shape index (κ3) is 6.92. The third-order valence-electron chi connectivity index (χ3n) is 2.94. The average Bonchev–Trinajstić information content (AvgIpc) is 2.94. The molecule has 0 aliphatic rings. The second-order valence-electron chi connectivity index (χ2n) is 4.95. The van der Waals surface area contributed by atoms with Crippen molar-refractivity contribution in [3.05, 3.63) is 24.2 Å². The van der Waals surface area contributed by atoms with Gasteiger partial charge in [-0.15, -0.1) is 0 Å². The first kappa shape index (κ1) is 17.2. The molecule has 0 saturated heterocycles. The van der Waals surface area contributed by atoms with Crippen LogP contribution in [0.2, 0.25) is 0 Å². The largest absolute Gasteiger partial charge is 0.467 e. The summed E-state index contributed by atoms with van der Waals surface area (Å²) < 4.78 is 5.07. The van der Waals surface area contributed by atoms with Gasteiger partial charge in [-0.2, -0.15) is 0 Å². The van der Waals surface area contributed by atoms with Crippen LogP contribution in [-0.4, -0.2) is 47.7 Å². The number of furan rings is 1. The molecule has 3 amide bonds. The summed E-state index contributed by atoms with van der Waals surface area (Å²) in [4.78, 5) is 25.3. The Hall–Kier alpha value is -1.86. The number of imide groups is 1. The summed E-state index contributed by atoms with van der Waals surface area (Å²) in [6.07, 6.45) is 2.11. The number of urea groups is 1. The van der Waals surface area contributed by atoms with Crippen molar-refractivity contribution >= 4 is 11.9 Å². The summed E-state index contributed by atoms with van der Waals surface area (Å²) in [6, 6.07) is 3.06. The Morgan fingerprint density at radius 2 is 2.19 bits per heavy atom. The zero-order valence-corrected chi connectivity index (χ0v) is 12.5. The van der Waals surface area contributed by atoms with E-state index in [1.807, 2.05) is 18.7 Å². The highest BCUT2D eigenvalue weighted by atomic mass is 16.3. The number of hydrogen-bond donors (Lipinski definition) is 3. The Labute approximate surface area is 124 Å². The van der Waals surface area contributed by atoms with Crippen molar-refractivity contribution in [1.82, 2.24) is 15.5 Å². The summed E-state index contributed by atoms with van der Waals surface area (Å²) >= 11 is 0. The molecule has 0 bridgehead atoms. The molecule has 0 unspecified atom stereocenters. The van der Waals surface area contributed by atoms with E-state index in [0.29, 0.717) is 18.7 Å². The number of hydrogen-bond acceptors (Lipinski definition) is 5. The fourth-order valence-electron chi connectivity index (χ4n) is 1.77. The lowest BCUT2D eigenvalue weighted by atomic mass is 10.3. The first-order chi connectivity index (χ1) is 10.0. The number of amides is 3. The van der Waals surface area contributed by atoms with E-state index in [4.69, 9.17) is 9.52 Å². The monoisotopic (exact) mass is 297 g/mol. The Morgan fingerprint density at radius 1 is 1.43 bits per heavy atom. The fraction of sp³-hybridized carbons (Fsp3) is 0.571. The van der Waals surface area contributed by atoms with Crippen molar-refractivity contribution in [3.63, 3.8) is 0 Å². The first-order valence-corrected chi connectivity index (χ1v) is 6.98. The molecule has 0 saturated carbocycles. The molecular weight excluding hydrogens is 274 g/mol. The second-order valence-corrected chi connectivity index (χ2v) is 4.95. The van der Waals surface area contributed by atoms with Gasteiger partial charge in [-0.3, -0.25) is 15.0 Å². The highest BCUT2D eigenvalue weighted by Gasteiger charge is 2.15. The van der Waals surface area contributed by atoms with Crippen LogP contribution in [0.1, 0.15) is 26.0 Å². The molecule has 0 radical (unpaired) electrons. The van der Waals surface area contributed by atoms with Gasteiger partial charge in [0.1, 0.15) is 5.76 Å². The van der Waals surface area contributed by atoms with Gasteiger partial charge < -0.3 is 14.8 Å². The van der Waals surface area contributed by atoms with E-state index >= 15 is 0 Å². The Bertz CT molecular complexity index is 431. The van der Waals surface area contributed by atoms with Gasteiger partial charge in [-0.1, -0.05) is 0 Å². The molecule has 7 heteroatoms. The van der Waals surface area contributed by atoms with Crippen molar-refractivity contribution in [2.24, 2.45) is 0 Å². The summed E-state index contributed by atoms with van der Waals surface area (Å²) in [7, 11) is 0. The number of rotatable bonds is 8. The topological polar surface area (TPSA) is 94.8 Å². The van der Waals surface area contributed by atoms with Crippen molar-refractivity contribution in [2.75, 3.05) is 19.7 Å². The predicted octanol–water partition coefficient (Wildman–Crippen LogP) is 0.698. The number of carbonyl (C=O) groups excluding carboxylic acids is 2. The normalized spacial score (nSPS) is 10.9. The van der Waals surface area contributed by atoms with Gasteiger partial charge in [0.05, 0.1) is 19.4 Å². The lowest BCUT2D eigenvalue weighted by molar-refractivity contribution is -0.121. The number of carbonyl (C=O) groups is 2. The Balaban J connectivity index is 2.31. The Kier molecular flexibility index (Phi) is 7.49. The van der Waals surface area contributed by atoms with Gasteiger partial charge in [0.2, 0.25) is 5.91 Å². The van der Waals surface area contributed by atoms with Crippen LogP contribution in [0.25, 0.3) is 0 Å². The molecule has 0 fully saturated rings. The van der Waals surface area contributed by atoms with Crippen LogP contribution in [-0.2, 0) is 11.3 Å². The minimum Gasteiger partial charge on any atom is -0.467 e. The molecule has 118 valence electrons. The van der Waals surface area contributed by atoms with Crippen molar-refractivity contribution in [1.29, 1.82) is 0 Å². The number of aliphatic hydroxyl groups excluding tert-OH is 1. The molecule has 1 rings (SSSR count). The molecule has 1 heterocycles. The molecule has 0 aliphatic heterocycles. The molecular formula is C14H23N3O4. The van der Waals surface area contributed by atoms with Crippen molar-refractivity contribution in [3.8, 4) is 0 Å². The molecule has 1 aromatic rings. The highest BCUT2D eigenvalue weighted by molar-refractivity contribution is 5.95. The summed E-state index contributed by atoms with van der Waals surface area (Å²) in [5.74, 6) is 0.239. The van der Waals surface area contributed by atoms with Crippen LogP contribution < -0.4 is 10.6 Å². The smallest absolute Gasteiger partial charge is 0.321 e. The van der Waals surface area contributed by atoms with E-state index in [1.165, 1.54) is 6.26 Å². The van der Waals surface area contributed by atoms with E-state index in [1.54, 1.807) is 12.1 Å². The maximum Gasteiger partial charge on any atom is 0.321 e. The fourth-order valence-corrected chi connectivity index (χ4v) is 1.77. The summed E-state index contributed by atoms with van der Waals surface area (Å²) in [5, 5.41) is 13.6. The first-order valence-electron chi connectivity index (χ1n) is 6.98. The average molecular weight is 297 g/mol. The third-order valence-corrected chi connectivity index (χ3v) is 2.94. The molecule has 0 aromatic carbocycles. The maximum atomic E-state index is 11.8. The van der Waals surface area contributed by atoms with Crippen LogP contribution in [0.4, 0.5) is 4.79 Å². The molecule has 0 atom stereocenters. The van der Waals surface area contributed by atoms with Crippen LogP contribution in [0, 0.1) is 0 Å². The van der Waals surface area contributed by atoms with Gasteiger partial charge >= 0.3 is 6.03 Å². The number of aliphatic hydroxyl groups is 1. The van der Waals surface area contributed by atoms with Crippen molar-refractivity contribution in [2.45, 2.75) is 32.9 Å². The van der Waals surface area contributed by atoms with Crippen LogP contribution in [0.5, 0.6) is 0 Å². The summed E-state index contributed by atoms with van der Waals surface area (Å²) in [5.41, 5.74) is 0. The Morgan fingerprint density at radius 3 is 2.76 bits per heavy atom. The van der Waals surface area contributed by atoms with Crippen LogP contribution in [0.15, 0.2) is 22.8 Å². The van der Waals surface area contributed by atoms with Gasteiger partial charge in [-0.25, -0.2) is 4.79 Å². The molecule has 3 N–H and O–H groups in total. The van der Waals surface area contributed by atoms with Gasteiger partial charge in [0.25, 0.3) is 0 Å². The quantitative estimate of drug-likeness (QED) is 0.656. The maximum absolute atomic E-state index is 11.8. The highest BCUT2D eigenvalue weighted by Crippen LogP contribution is 2.00. The van der Waals surface area contributed by atoms with Gasteiger partial charge in [0.15, 0.2) is 0 Å². The SMILES string of the molecule is CC(C)N(CCCO)CC(=O)NC(=O)NCc1ccco1. The molecule has 1 aromatic heterocycles. The van der Waals surface area contributed by atoms with Gasteiger partial charge in [0, 0.05) is 19.2 Å². The lowest BCUT2D eigenvalue weighted by Gasteiger charge is -2.25. The molecule has 0 spiro atoms. The number of nitrogens with zero attached hydrogens (tertiary/aromatic N) is 1. The van der Waals surface area contributed by atoms with E-state index < -0.39 is 6.03 Å². The summed E-state index contributed by atoms with van der Waals surface area (Å²) in [6.45, 7) is 4.95. The molecule has 21 heavy (non-hydrogen) atoms. The molecule has 0 aliphatic carbocycles. The van der Waals surface area contributed by atoms with E-state index in [-0.39, 0.29) is 31.6 Å². The zero-order chi connectivity index (χ0) is 15.7. The van der Waals surface area contributed by atoms with Crippen molar-refractivity contribution < 1.29 is 19.1 Å². The number of nitrogens with one attached hydrogen (secondary N) is 2. The van der Waals surface area contributed by atoms with E-state index in [0.717, 1.165) is 0 Å². The van der Waals surface area contributed by atoms with E-state index in [2.05, 4.69) is 10.6 Å².